The molecule has 1 fully saturated rings. The van der Waals surface area contributed by atoms with Crippen LogP contribution in [0, 0.1) is 0 Å². The molecule has 6 rings (SSSR count). The SMILES string of the molecule is CC1C=C2N=Cc3cc(C4C=CC=CCC4)c(-c4ccc(N5CCOC5=O)cc4)nc3N2N1. The van der Waals surface area contributed by atoms with Crippen molar-refractivity contribution in [3.8, 4) is 11.3 Å². The van der Waals surface area contributed by atoms with Crippen molar-refractivity contribution in [2.75, 3.05) is 23.1 Å². The summed E-state index contributed by atoms with van der Waals surface area (Å²) in [7, 11) is 0. The molecular formula is C26H25N5O2. The maximum absolute atomic E-state index is 12.0. The van der Waals surface area contributed by atoms with Crippen LogP contribution in [0.3, 0.4) is 0 Å². The summed E-state index contributed by atoms with van der Waals surface area (Å²) in [5.74, 6) is 2.00. The molecule has 2 unspecified atom stereocenters. The minimum absolute atomic E-state index is 0.198. The molecule has 1 aromatic carbocycles. The number of aliphatic imine (C=N–C) groups is 1. The van der Waals surface area contributed by atoms with Gasteiger partial charge in [0.25, 0.3) is 0 Å². The Kier molecular flexibility index (Phi) is 4.84. The van der Waals surface area contributed by atoms with E-state index < -0.39 is 0 Å². The summed E-state index contributed by atoms with van der Waals surface area (Å²) in [6, 6.07) is 10.5. The number of hydrazine groups is 1. The molecule has 0 bridgehead atoms. The van der Waals surface area contributed by atoms with Gasteiger partial charge in [0.2, 0.25) is 0 Å². The van der Waals surface area contributed by atoms with Gasteiger partial charge < -0.3 is 4.74 Å². The Morgan fingerprint density at radius 2 is 2.06 bits per heavy atom. The van der Waals surface area contributed by atoms with Gasteiger partial charge in [-0.05, 0) is 49.6 Å². The zero-order chi connectivity index (χ0) is 22.4. The van der Waals surface area contributed by atoms with Gasteiger partial charge in [-0.15, -0.1) is 0 Å². The number of cyclic esters (lactones) is 1. The first-order valence-electron chi connectivity index (χ1n) is 11.4. The van der Waals surface area contributed by atoms with E-state index in [1.165, 1.54) is 5.56 Å². The number of anilines is 2. The summed E-state index contributed by atoms with van der Waals surface area (Å²) in [5, 5.41) is 1.98. The number of fused-ring (bicyclic) bond motifs is 3. The fraction of sp³-hybridized carbons (Fsp3) is 0.269. The lowest BCUT2D eigenvalue weighted by Gasteiger charge is -2.27. The van der Waals surface area contributed by atoms with Gasteiger partial charge in [0.05, 0.1) is 12.2 Å². The van der Waals surface area contributed by atoms with Crippen LogP contribution in [0.25, 0.3) is 11.3 Å². The van der Waals surface area contributed by atoms with Crippen LogP contribution in [0.1, 0.15) is 36.8 Å². The molecule has 7 nitrogen and oxygen atoms in total. The van der Waals surface area contributed by atoms with Crippen LogP contribution >= 0.6 is 0 Å². The Bertz CT molecular complexity index is 1230. The van der Waals surface area contributed by atoms with Gasteiger partial charge in [-0.3, -0.25) is 4.90 Å². The van der Waals surface area contributed by atoms with Crippen molar-refractivity contribution < 1.29 is 9.53 Å². The number of benzene rings is 1. The first-order valence-corrected chi connectivity index (χ1v) is 11.4. The molecule has 7 heteroatoms. The minimum atomic E-state index is -0.292. The van der Waals surface area contributed by atoms with Crippen LogP contribution < -0.4 is 15.3 Å². The summed E-state index contributed by atoms with van der Waals surface area (Å²) >= 11 is 0. The van der Waals surface area contributed by atoms with Crippen LogP contribution in [0.2, 0.25) is 0 Å². The molecule has 2 atom stereocenters. The van der Waals surface area contributed by atoms with Gasteiger partial charge in [-0.1, -0.05) is 36.4 Å². The number of nitrogens with zero attached hydrogens (tertiary/aromatic N) is 4. The highest BCUT2D eigenvalue weighted by Gasteiger charge is 2.30. The van der Waals surface area contributed by atoms with Crippen LogP contribution in [-0.2, 0) is 4.74 Å². The lowest BCUT2D eigenvalue weighted by atomic mass is 9.89. The third kappa shape index (κ3) is 3.54. The van der Waals surface area contributed by atoms with Crippen LogP contribution in [-0.4, -0.2) is 36.5 Å². The summed E-state index contributed by atoms with van der Waals surface area (Å²) in [5.41, 5.74) is 8.45. The van der Waals surface area contributed by atoms with Crippen LogP contribution in [0.4, 0.5) is 16.3 Å². The third-order valence-corrected chi connectivity index (χ3v) is 6.42. The van der Waals surface area contributed by atoms with Crippen molar-refractivity contribution >= 4 is 23.8 Å². The Labute approximate surface area is 192 Å². The van der Waals surface area contributed by atoms with Crippen molar-refractivity contribution in [1.29, 1.82) is 0 Å². The number of amides is 1. The van der Waals surface area contributed by atoms with E-state index in [0.29, 0.717) is 13.2 Å². The number of nitrogens with one attached hydrogen (secondary N) is 1. The molecule has 166 valence electrons. The maximum atomic E-state index is 12.0. The molecule has 1 saturated heterocycles. The summed E-state index contributed by atoms with van der Waals surface area (Å²) in [6.07, 6.45) is 14.5. The highest BCUT2D eigenvalue weighted by molar-refractivity contribution is 5.93. The number of hydrogen-bond acceptors (Lipinski definition) is 6. The molecule has 3 aliphatic heterocycles. The van der Waals surface area contributed by atoms with Crippen molar-refractivity contribution in [3.63, 3.8) is 0 Å². The lowest BCUT2D eigenvalue weighted by Crippen LogP contribution is -2.38. The lowest BCUT2D eigenvalue weighted by molar-refractivity contribution is 0.181. The highest BCUT2D eigenvalue weighted by Crippen LogP contribution is 2.38. The Morgan fingerprint density at radius 3 is 2.88 bits per heavy atom. The third-order valence-electron chi connectivity index (χ3n) is 6.42. The normalized spacial score (nSPS) is 23.3. The summed E-state index contributed by atoms with van der Waals surface area (Å²) in [4.78, 5) is 23.4. The quantitative estimate of drug-likeness (QED) is 0.752. The molecule has 0 radical (unpaired) electrons. The van der Waals surface area contributed by atoms with Crippen LogP contribution in [0.5, 0.6) is 0 Å². The molecular weight excluding hydrogens is 414 g/mol. The largest absolute Gasteiger partial charge is 0.447 e. The number of carbonyl (C=O) groups excluding carboxylic acids is 1. The second-order valence-corrected chi connectivity index (χ2v) is 8.69. The number of aromatic nitrogens is 1. The number of hydrogen-bond donors (Lipinski definition) is 1. The smallest absolute Gasteiger partial charge is 0.414 e. The Hall–Kier alpha value is -3.71. The zero-order valence-electron chi connectivity index (χ0n) is 18.4. The number of ether oxygens (including phenoxy) is 1. The van der Waals surface area contributed by atoms with Crippen molar-refractivity contribution in [3.05, 3.63) is 77.7 Å². The van der Waals surface area contributed by atoms with E-state index in [-0.39, 0.29) is 18.1 Å². The molecule has 1 aromatic heterocycles. The minimum Gasteiger partial charge on any atom is -0.447 e. The molecule has 0 saturated carbocycles. The van der Waals surface area contributed by atoms with E-state index >= 15 is 0 Å². The van der Waals surface area contributed by atoms with Gasteiger partial charge >= 0.3 is 6.09 Å². The Morgan fingerprint density at radius 1 is 1.18 bits per heavy atom. The van der Waals surface area contributed by atoms with Gasteiger partial charge in [-0.2, -0.15) is 0 Å². The fourth-order valence-electron chi connectivity index (χ4n) is 4.77. The van der Waals surface area contributed by atoms with Crippen molar-refractivity contribution in [2.24, 2.45) is 4.99 Å². The zero-order valence-corrected chi connectivity index (χ0v) is 18.4. The fourth-order valence-corrected chi connectivity index (χ4v) is 4.77. The number of rotatable bonds is 3. The predicted octanol–water partition coefficient (Wildman–Crippen LogP) is 4.68. The molecule has 1 N–H and O–H groups in total. The molecule has 4 heterocycles. The van der Waals surface area contributed by atoms with Gasteiger partial charge in [-0.25, -0.2) is 25.2 Å². The monoisotopic (exact) mass is 439 g/mol. The highest BCUT2D eigenvalue weighted by atomic mass is 16.6. The number of allylic oxidation sites excluding steroid dienone is 4. The van der Waals surface area contributed by atoms with Crippen LogP contribution in [0.15, 0.2) is 71.5 Å². The summed E-state index contributed by atoms with van der Waals surface area (Å²) in [6.45, 7) is 3.10. The number of carbonyl (C=O) groups is 1. The first-order chi connectivity index (χ1) is 16.2. The molecule has 2 aromatic rings. The van der Waals surface area contributed by atoms with Crippen molar-refractivity contribution in [1.82, 2.24) is 10.4 Å². The molecule has 1 amide bonds. The average Bonchev–Trinajstić information content (AvgIpc) is 3.33. The molecule has 1 aliphatic carbocycles. The maximum Gasteiger partial charge on any atom is 0.414 e. The van der Waals surface area contributed by atoms with Gasteiger partial charge in [0.1, 0.15) is 12.4 Å². The molecule has 4 aliphatic rings. The molecule has 33 heavy (non-hydrogen) atoms. The number of pyridine rings is 1. The van der Waals surface area contributed by atoms with E-state index in [2.05, 4.69) is 53.8 Å². The second-order valence-electron chi connectivity index (χ2n) is 8.69. The van der Waals surface area contributed by atoms with Gasteiger partial charge in [0, 0.05) is 35.0 Å². The van der Waals surface area contributed by atoms with E-state index in [9.17, 15) is 4.79 Å². The summed E-state index contributed by atoms with van der Waals surface area (Å²) < 4.78 is 5.09. The first kappa shape index (κ1) is 19.9. The van der Waals surface area contributed by atoms with E-state index in [1.54, 1.807) is 4.90 Å². The molecule has 0 spiro atoms. The van der Waals surface area contributed by atoms with E-state index in [0.717, 1.165) is 47.0 Å². The Balaban J connectivity index is 1.45. The van der Waals surface area contributed by atoms with E-state index in [4.69, 9.17) is 9.72 Å². The van der Waals surface area contributed by atoms with Gasteiger partial charge in [0.15, 0.2) is 5.82 Å². The average molecular weight is 440 g/mol. The predicted molar refractivity (Wildman–Crippen MR) is 129 cm³/mol. The van der Waals surface area contributed by atoms with E-state index in [1.807, 2.05) is 35.5 Å². The second kappa shape index (κ2) is 8.01. The van der Waals surface area contributed by atoms with Crippen molar-refractivity contribution in [2.45, 2.75) is 31.7 Å². The topological polar surface area (TPSA) is 70.1 Å². The standard InChI is InChI=1S/C26H25N5O2/c1-17-14-23-27-16-20-15-22(18-6-4-2-3-5-7-18)24(28-25(20)31(23)29-17)19-8-10-21(11-9-19)30-12-13-33-26(30)32/h2-4,6,8-11,14-18,29H,5,7,12-13H2,1H3.